The summed E-state index contributed by atoms with van der Waals surface area (Å²) in [5, 5.41) is 10.0. The van der Waals surface area contributed by atoms with Crippen LogP contribution in [0.5, 0.6) is 5.75 Å². The number of allylic oxidation sites excluding steroid dienone is 1. The van der Waals surface area contributed by atoms with E-state index in [1.165, 1.54) is 0 Å². The predicted octanol–water partition coefficient (Wildman–Crippen LogP) is 3.86. The molecule has 0 bridgehead atoms. The topological polar surface area (TPSA) is 29.5 Å². The minimum Gasteiger partial charge on any atom is -0.491 e. The smallest absolute Gasteiger partial charge is 0.120 e. The molecule has 0 saturated carbocycles. The molecule has 0 spiro atoms. The van der Waals surface area contributed by atoms with Gasteiger partial charge in [0.1, 0.15) is 5.75 Å². The fourth-order valence-corrected chi connectivity index (χ4v) is 1.69. The van der Waals surface area contributed by atoms with Crippen molar-refractivity contribution in [3.63, 3.8) is 0 Å². The van der Waals surface area contributed by atoms with E-state index in [0.717, 1.165) is 30.6 Å². The van der Waals surface area contributed by atoms with Crippen molar-refractivity contribution in [3.05, 3.63) is 42.5 Å². The maximum atomic E-state index is 10.0. The Hall–Kier alpha value is -1.28. The first-order valence-corrected chi connectivity index (χ1v) is 6.19. The Bertz CT molecular complexity index is 345. The van der Waals surface area contributed by atoms with Crippen LogP contribution in [0.3, 0.4) is 0 Å². The summed E-state index contributed by atoms with van der Waals surface area (Å²) in [4.78, 5) is 0. The van der Waals surface area contributed by atoms with E-state index in [2.05, 4.69) is 6.58 Å². The Morgan fingerprint density at radius 3 is 2.82 bits per heavy atom. The molecular weight excluding hydrogens is 212 g/mol. The Morgan fingerprint density at radius 1 is 1.41 bits per heavy atom. The Labute approximate surface area is 104 Å². The van der Waals surface area contributed by atoms with Gasteiger partial charge in [-0.2, -0.15) is 0 Å². The summed E-state index contributed by atoms with van der Waals surface area (Å²) in [5.41, 5.74) is 0.923. The highest BCUT2D eigenvalue weighted by atomic mass is 16.5. The van der Waals surface area contributed by atoms with Gasteiger partial charge in [0.15, 0.2) is 0 Å². The number of ether oxygens (including phenoxy) is 1. The van der Waals surface area contributed by atoms with Crippen LogP contribution in [0.15, 0.2) is 36.9 Å². The van der Waals surface area contributed by atoms with Crippen molar-refractivity contribution in [2.45, 2.75) is 45.3 Å². The SMILES string of the molecule is C=CCCCC(O)c1cccc(OC(C)C)c1. The number of hydrogen-bond acceptors (Lipinski definition) is 2. The summed E-state index contributed by atoms with van der Waals surface area (Å²) in [7, 11) is 0. The summed E-state index contributed by atoms with van der Waals surface area (Å²) in [5.74, 6) is 0.820. The quantitative estimate of drug-likeness (QED) is 0.573. The molecule has 1 aromatic rings. The van der Waals surface area contributed by atoms with Gasteiger partial charge in [-0.3, -0.25) is 0 Å². The van der Waals surface area contributed by atoms with Gasteiger partial charge in [-0.15, -0.1) is 6.58 Å². The van der Waals surface area contributed by atoms with E-state index in [0.29, 0.717) is 0 Å². The third kappa shape index (κ3) is 5.05. The molecule has 1 rings (SSSR count). The minimum atomic E-state index is -0.411. The third-order valence-electron chi connectivity index (χ3n) is 2.50. The number of aliphatic hydroxyl groups is 1. The largest absolute Gasteiger partial charge is 0.491 e. The average molecular weight is 234 g/mol. The number of aliphatic hydroxyl groups excluding tert-OH is 1. The second-order valence-corrected chi connectivity index (χ2v) is 4.47. The van der Waals surface area contributed by atoms with Crippen molar-refractivity contribution in [2.75, 3.05) is 0 Å². The molecule has 0 aliphatic heterocycles. The van der Waals surface area contributed by atoms with E-state index < -0.39 is 6.10 Å². The molecule has 1 N–H and O–H groups in total. The van der Waals surface area contributed by atoms with Crippen LogP contribution in [0.1, 0.15) is 44.8 Å². The number of rotatable bonds is 7. The Balaban J connectivity index is 2.60. The van der Waals surface area contributed by atoms with Gasteiger partial charge in [-0.05, 0) is 50.8 Å². The normalized spacial score (nSPS) is 12.5. The summed E-state index contributed by atoms with van der Waals surface area (Å²) < 4.78 is 5.60. The highest BCUT2D eigenvalue weighted by Crippen LogP contribution is 2.23. The lowest BCUT2D eigenvalue weighted by Gasteiger charge is -2.14. The molecule has 0 amide bonds. The first kappa shape index (κ1) is 13.8. The minimum absolute atomic E-state index is 0.156. The molecular formula is C15H22O2. The van der Waals surface area contributed by atoms with Gasteiger partial charge < -0.3 is 9.84 Å². The molecule has 0 radical (unpaired) electrons. The van der Waals surface area contributed by atoms with Crippen molar-refractivity contribution in [1.29, 1.82) is 0 Å². The van der Waals surface area contributed by atoms with Crippen LogP contribution in [0.25, 0.3) is 0 Å². The van der Waals surface area contributed by atoms with Crippen LogP contribution in [0, 0.1) is 0 Å². The number of unbranched alkanes of at least 4 members (excludes halogenated alkanes) is 1. The molecule has 2 heteroatoms. The molecule has 1 atom stereocenters. The van der Waals surface area contributed by atoms with Crippen molar-refractivity contribution >= 4 is 0 Å². The van der Waals surface area contributed by atoms with Gasteiger partial charge in [0.25, 0.3) is 0 Å². The van der Waals surface area contributed by atoms with Gasteiger partial charge in [0.05, 0.1) is 12.2 Å². The Morgan fingerprint density at radius 2 is 2.18 bits per heavy atom. The summed E-state index contributed by atoms with van der Waals surface area (Å²) >= 11 is 0. The van der Waals surface area contributed by atoms with Crippen LogP contribution in [-0.4, -0.2) is 11.2 Å². The maximum Gasteiger partial charge on any atom is 0.120 e. The lowest BCUT2D eigenvalue weighted by molar-refractivity contribution is 0.164. The lowest BCUT2D eigenvalue weighted by atomic mass is 10.0. The number of benzene rings is 1. The second kappa shape index (κ2) is 7.13. The highest BCUT2D eigenvalue weighted by Gasteiger charge is 2.08. The monoisotopic (exact) mass is 234 g/mol. The standard InChI is InChI=1S/C15H22O2/c1-4-5-6-10-15(16)13-8-7-9-14(11-13)17-12(2)3/h4,7-9,11-12,15-16H,1,5-6,10H2,2-3H3. The number of hydrogen-bond donors (Lipinski definition) is 1. The van der Waals surface area contributed by atoms with Gasteiger partial charge >= 0.3 is 0 Å². The van der Waals surface area contributed by atoms with Crippen molar-refractivity contribution in [2.24, 2.45) is 0 Å². The van der Waals surface area contributed by atoms with E-state index >= 15 is 0 Å². The van der Waals surface area contributed by atoms with Crippen LogP contribution in [0.2, 0.25) is 0 Å². The van der Waals surface area contributed by atoms with Crippen LogP contribution < -0.4 is 4.74 Å². The zero-order valence-electron chi connectivity index (χ0n) is 10.7. The summed E-state index contributed by atoms with van der Waals surface area (Å²) in [6.45, 7) is 7.66. The molecule has 1 unspecified atom stereocenters. The molecule has 0 fully saturated rings. The van der Waals surface area contributed by atoms with Crippen LogP contribution in [-0.2, 0) is 0 Å². The molecule has 0 aliphatic rings. The molecule has 0 aromatic heterocycles. The first-order chi connectivity index (χ1) is 8.13. The zero-order chi connectivity index (χ0) is 12.7. The molecule has 94 valence electrons. The molecule has 0 saturated heterocycles. The highest BCUT2D eigenvalue weighted by molar-refractivity contribution is 5.30. The molecule has 0 aliphatic carbocycles. The Kier molecular flexibility index (Phi) is 5.78. The zero-order valence-corrected chi connectivity index (χ0v) is 10.7. The fraction of sp³-hybridized carbons (Fsp3) is 0.467. The van der Waals surface area contributed by atoms with Gasteiger partial charge in [0, 0.05) is 0 Å². The van der Waals surface area contributed by atoms with Crippen LogP contribution >= 0.6 is 0 Å². The molecule has 0 heterocycles. The van der Waals surface area contributed by atoms with E-state index in [9.17, 15) is 5.11 Å². The van der Waals surface area contributed by atoms with E-state index in [-0.39, 0.29) is 6.10 Å². The van der Waals surface area contributed by atoms with Gasteiger partial charge in [-0.25, -0.2) is 0 Å². The van der Waals surface area contributed by atoms with Crippen molar-refractivity contribution in [1.82, 2.24) is 0 Å². The van der Waals surface area contributed by atoms with E-state index in [4.69, 9.17) is 4.74 Å². The molecule has 17 heavy (non-hydrogen) atoms. The van der Waals surface area contributed by atoms with Gasteiger partial charge in [-0.1, -0.05) is 18.2 Å². The molecule has 1 aromatic carbocycles. The summed E-state index contributed by atoms with van der Waals surface area (Å²) in [6.07, 6.45) is 4.29. The lowest BCUT2D eigenvalue weighted by Crippen LogP contribution is -2.06. The van der Waals surface area contributed by atoms with Crippen LogP contribution in [0.4, 0.5) is 0 Å². The fourth-order valence-electron chi connectivity index (χ4n) is 1.69. The summed E-state index contributed by atoms with van der Waals surface area (Å²) in [6, 6.07) is 7.69. The second-order valence-electron chi connectivity index (χ2n) is 4.47. The van der Waals surface area contributed by atoms with Crippen molar-refractivity contribution < 1.29 is 9.84 Å². The maximum absolute atomic E-state index is 10.0. The predicted molar refractivity (Wildman–Crippen MR) is 71.2 cm³/mol. The molecule has 2 nitrogen and oxygen atoms in total. The first-order valence-electron chi connectivity index (χ1n) is 6.19. The van der Waals surface area contributed by atoms with Gasteiger partial charge in [0.2, 0.25) is 0 Å². The van der Waals surface area contributed by atoms with E-state index in [1.54, 1.807) is 0 Å². The van der Waals surface area contributed by atoms with E-state index in [1.807, 2.05) is 44.2 Å². The van der Waals surface area contributed by atoms with Crippen molar-refractivity contribution in [3.8, 4) is 5.75 Å². The average Bonchev–Trinajstić information content (AvgIpc) is 2.28. The third-order valence-corrected chi connectivity index (χ3v) is 2.50.